The summed E-state index contributed by atoms with van der Waals surface area (Å²) in [7, 11) is 4.80. The topological polar surface area (TPSA) is 85.6 Å². The van der Waals surface area contributed by atoms with E-state index in [9.17, 15) is 9.59 Å². The lowest BCUT2D eigenvalue weighted by molar-refractivity contribution is 0.0633. The van der Waals surface area contributed by atoms with Crippen molar-refractivity contribution in [1.29, 1.82) is 0 Å². The van der Waals surface area contributed by atoms with Crippen LogP contribution in [0.15, 0.2) is 41.3 Å². The number of hydrogen-bond acceptors (Lipinski definition) is 8. The molecule has 1 amide bonds. The van der Waals surface area contributed by atoms with Crippen LogP contribution in [0, 0.1) is 6.92 Å². The highest BCUT2D eigenvalue weighted by Crippen LogP contribution is 2.38. The van der Waals surface area contributed by atoms with E-state index in [-0.39, 0.29) is 11.5 Å². The molecule has 4 aromatic rings. The van der Waals surface area contributed by atoms with Crippen molar-refractivity contribution in [3.05, 3.63) is 62.9 Å². The van der Waals surface area contributed by atoms with E-state index in [1.54, 1.807) is 38.0 Å². The summed E-state index contributed by atoms with van der Waals surface area (Å²) >= 11 is 1.28. The largest absolute Gasteiger partial charge is 0.493 e. The third kappa shape index (κ3) is 4.27. The molecule has 1 fully saturated rings. The third-order valence-corrected chi connectivity index (χ3v) is 7.55. The van der Waals surface area contributed by atoms with Gasteiger partial charge in [0.1, 0.15) is 10.5 Å². The number of rotatable bonds is 6. The fourth-order valence-corrected chi connectivity index (χ4v) is 5.60. The first-order valence-corrected chi connectivity index (χ1v) is 12.5. The van der Waals surface area contributed by atoms with Crippen molar-refractivity contribution < 1.29 is 19.0 Å². The Hall–Kier alpha value is -3.63. The first-order chi connectivity index (χ1) is 17.4. The van der Waals surface area contributed by atoms with Crippen LogP contribution in [-0.2, 0) is 6.54 Å². The van der Waals surface area contributed by atoms with Crippen molar-refractivity contribution in [1.82, 2.24) is 19.2 Å². The van der Waals surface area contributed by atoms with E-state index in [1.165, 1.54) is 11.3 Å². The summed E-state index contributed by atoms with van der Waals surface area (Å²) < 4.78 is 17.9. The Bertz CT molecular complexity index is 1480. The lowest BCUT2D eigenvalue weighted by Crippen LogP contribution is -2.48. The second kappa shape index (κ2) is 9.79. The second-order valence-electron chi connectivity index (χ2n) is 8.73. The minimum atomic E-state index is -0.149. The van der Waals surface area contributed by atoms with Gasteiger partial charge in [0.15, 0.2) is 11.5 Å². The zero-order chi connectivity index (χ0) is 25.4. The molecule has 0 spiro atoms. The fraction of sp³-hybridized carbons (Fsp3) is 0.346. The summed E-state index contributed by atoms with van der Waals surface area (Å²) in [6.07, 6.45) is 1.71. The van der Waals surface area contributed by atoms with Gasteiger partial charge in [-0.2, -0.15) is 0 Å². The van der Waals surface area contributed by atoms with E-state index >= 15 is 0 Å². The maximum atomic E-state index is 13.3. The van der Waals surface area contributed by atoms with Crippen molar-refractivity contribution in [2.45, 2.75) is 13.5 Å². The van der Waals surface area contributed by atoms with Gasteiger partial charge in [0.25, 0.3) is 11.5 Å². The van der Waals surface area contributed by atoms with E-state index < -0.39 is 0 Å². The molecule has 1 aliphatic heterocycles. The molecular formula is C26H28N4O5S. The average Bonchev–Trinajstić information content (AvgIpc) is 3.33. The number of nitrogens with zero attached hydrogens (tertiary/aromatic N) is 4. The number of hydrogen-bond donors (Lipinski definition) is 0. The minimum Gasteiger partial charge on any atom is -0.493 e. The van der Waals surface area contributed by atoms with E-state index in [4.69, 9.17) is 14.2 Å². The maximum absolute atomic E-state index is 13.3. The van der Waals surface area contributed by atoms with Crippen LogP contribution in [0.25, 0.3) is 15.9 Å². The molecule has 0 atom stereocenters. The number of fused-ring (bicyclic) bond motifs is 2. The molecule has 0 bridgehead atoms. The van der Waals surface area contributed by atoms with Crippen LogP contribution in [-0.4, -0.2) is 72.6 Å². The van der Waals surface area contributed by atoms with Crippen molar-refractivity contribution in [3.63, 3.8) is 0 Å². The normalized spacial score (nSPS) is 14.4. The van der Waals surface area contributed by atoms with Gasteiger partial charge in [-0.05, 0) is 42.3 Å². The molecule has 36 heavy (non-hydrogen) atoms. The Kier molecular flexibility index (Phi) is 6.55. The number of amides is 1. The Morgan fingerprint density at radius 3 is 2.36 bits per heavy atom. The number of pyridine rings is 1. The summed E-state index contributed by atoms with van der Waals surface area (Å²) in [6.45, 7) is 5.30. The lowest BCUT2D eigenvalue weighted by Gasteiger charge is -2.34. The first kappa shape index (κ1) is 24.1. The molecule has 0 aliphatic carbocycles. The number of carbonyl (C=O) groups excluding carboxylic acids is 1. The van der Waals surface area contributed by atoms with Gasteiger partial charge in [-0.1, -0.05) is 6.07 Å². The van der Waals surface area contributed by atoms with Gasteiger partial charge in [0.05, 0.1) is 31.6 Å². The van der Waals surface area contributed by atoms with Crippen LogP contribution in [0.4, 0.5) is 0 Å². The number of piperazine rings is 1. The summed E-state index contributed by atoms with van der Waals surface area (Å²) in [4.78, 5) is 36.2. The second-order valence-corrected chi connectivity index (χ2v) is 9.76. The molecule has 10 heteroatoms. The smallest absolute Gasteiger partial charge is 0.266 e. The van der Waals surface area contributed by atoms with Crippen molar-refractivity contribution in [2.24, 2.45) is 0 Å². The van der Waals surface area contributed by atoms with Gasteiger partial charge in [-0.3, -0.25) is 18.9 Å². The maximum Gasteiger partial charge on any atom is 0.266 e. The molecular weight excluding hydrogens is 480 g/mol. The van der Waals surface area contributed by atoms with Crippen LogP contribution < -0.4 is 19.8 Å². The number of ether oxygens (including phenoxy) is 3. The molecule has 1 aromatic carbocycles. The highest BCUT2D eigenvalue weighted by molar-refractivity contribution is 7.20. The van der Waals surface area contributed by atoms with Crippen LogP contribution in [0.2, 0.25) is 0 Å². The number of thiophene rings is 1. The lowest BCUT2D eigenvalue weighted by atomic mass is 10.1. The van der Waals surface area contributed by atoms with E-state index in [1.807, 2.05) is 36.1 Å². The van der Waals surface area contributed by atoms with Gasteiger partial charge in [-0.25, -0.2) is 4.98 Å². The minimum absolute atomic E-state index is 0.0596. The molecule has 9 nitrogen and oxygen atoms in total. The van der Waals surface area contributed by atoms with Gasteiger partial charge in [-0.15, -0.1) is 11.3 Å². The number of benzene rings is 1. The van der Waals surface area contributed by atoms with E-state index in [0.717, 1.165) is 24.2 Å². The molecule has 1 aliphatic rings. The SMILES string of the molecule is COc1cc(CN2CCN(C(=O)c3cc4c(=O)n5cccc(C)c5nc4s3)CC2)cc(OC)c1OC. The number of aryl methyl sites for hydroxylation is 1. The Labute approximate surface area is 212 Å². The van der Waals surface area contributed by atoms with Gasteiger partial charge < -0.3 is 19.1 Å². The predicted molar refractivity (Wildman–Crippen MR) is 139 cm³/mol. The molecule has 0 N–H and O–H groups in total. The molecule has 4 heterocycles. The monoisotopic (exact) mass is 508 g/mol. The van der Waals surface area contributed by atoms with Crippen LogP contribution in [0.5, 0.6) is 17.2 Å². The first-order valence-electron chi connectivity index (χ1n) is 11.7. The number of aromatic nitrogens is 2. The molecule has 0 unspecified atom stereocenters. The zero-order valence-electron chi connectivity index (χ0n) is 20.7. The third-order valence-electron chi connectivity index (χ3n) is 6.53. The Balaban J connectivity index is 1.30. The van der Waals surface area contributed by atoms with Crippen molar-refractivity contribution >= 4 is 33.1 Å². The molecule has 3 aromatic heterocycles. The van der Waals surface area contributed by atoms with Crippen molar-refractivity contribution in [2.75, 3.05) is 47.5 Å². The number of carbonyl (C=O) groups is 1. The van der Waals surface area contributed by atoms with Crippen LogP contribution in [0.3, 0.4) is 0 Å². The van der Waals surface area contributed by atoms with Gasteiger partial charge >= 0.3 is 0 Å². The van der Waals surface area contributed by atoms with E-state index in [2.05, 4.69) is 9.88 Å². The predicted octanol–water partition coefficient (Wildman–Crippen LogP) is 3.20. The molecule has 188 valence electrons. The summed E-state index contributed by atoms with van der Waals surface area (Å²) in [5.74, 6) is 1.76. The van der Waals surface area contributed by atoms with Crippen molar-refractivity contribution in [3.8, 4) is 17.2 Å². The summed E-state index contributed by atoms with van der Waals surface area (Å²) in [5.41, 5.74) is 2.43. The average molecular weight is 509 g/mol. The zero-order valence-corrected chi connectivity index (χ0v) is 21.6. The highest BCUT2D eigenvalue weighted by Gasteiger charge is 2.25. The Morgan fingerprint density at radius 1 is 1.03 bits per heavy atom. The molecule has 5 rings (SSSR count). The summed E-state index contributed by atoms with van der Waals surface area (Å²) in [5, 5.41) is 0.479. The van der Waals surface area contributed by atoms with Crippen LogP contribution in [0.1, 0.15) is 20.8 Å². The van der Waals surface area contributed by atoms with Gasteiger partial charge in [0.2, 0.25) is 5.75 Å². The molecule has 0 saturated carbocycles. The molecule has 1 saturated heterocycles. The van der Waals surface area contributed by atoms with E-state index in [0.29, 0.717) is 57.6 Å². The van der Waals surface area contributed by atoms with Crippen LogP contribution >= 0.6 is 11.3 Å². The Morgan fingerprint density at radius 2 is 1.72 bits per heavy atom. The quantitative estimate of drug-likeness (QED) is 0.395. The fourth-order valence-electron chi connectivity index (χ4n) is 4.61. The summed E-state index contributed by atoms with van der Waals surface area (Å²) in [6, 6.07) is 9.34. The molecule has 0 radical (unpaired) electrons. The van der Waals surface area contributed by atoms with Gasteiger partial charge in [0, 0.05) is 38.9 Å². The highest BCUT2D eigenvalue weighted by atomic mass is 32.1. The number of methoxy groups -OCH3 is 3. The standard InChI is InChI=1S/C26H28N4O5S/c1-16-6-5-7-30-23(16)27-24-18(25(30)31)14-21(36-24)26(32)29-10-8-28(9-11-29)15-17-12-19(33-2)22(35-4)20(13-17)34-3/h5-7,12-14H,8-11,15H2,1-4H3.